The van der Waals surface area contributed by atoms with E-state index in [0.29, 0.717) is 23.5 Å². The van der Waals surface area contributed by atoms with Crippen molar-refractivity contribution >= 4 is 11.8 Å². The molecular weight excluding hydrogens is 300 g/mol. The van der Waals surface area contributed by atoms with Gasteiger partial charge in [-0.3, -0.25) is 9.59 Å². The van der Waals surface area contributed by atoms with Crippen LogP contribution < -0.4 is 0 Å². The third-order valence-electron chi connectivity index (χ3n) is 8.10. The Labute approximate surface area is 145 Å². The Balaban J connectivity index is 1.60. The van der Waals surface area contributed by atoms with Gasteiger partial charge in [-0.1, -0.05) is 25.5 Å². The quantitative estimate of drug-likeness (QED) is 0.527. The number of carbonyl (C=O) groups is 2. The lowest BCUT2D eigenvalue weighted by atomic mass is 9.48. The Morgan fingerprint density at radius 1 is 1.12 bits per heavy atom. The standard InChI is InChI=1S/C21H30O3/c1-13(22)24-15-8-10-20(2)14(12-15)4-5-16-17-6-7-19(23)21(17,3)11-9-18(16)20/h4,15-18H,5-12H2,1-3H3/t15-,16-,17+,18+,20+,21+/m1/s1. The van der Waals surface area contributed by atoms with Crippen LogP contribution in [0.5, 0.6) is 0 Å². The first-order valence-electron chi connectivity index (χ1n) is 9.74. The fourth-order valence-corrected chi connectivity index (χ4v) is 6.73. The van der Waals surface area contributed by atoms with Crippen LogP contribution in [0.4, 0.5) is 0 Å². The van der Waals surface area contributed by atoms with Gasteiger partial charge in [0.05, 0.1) is 0 Å². The molecule has 0 saturated heterocycles. The Morgan fingerprint density at radius 2 is 1.83 bits per heavy atom. The maximum absolute atomic E-state index is 12.4. The molecule has 0 aliphatic heterocycles. The highest BCUT2D eigenvalue weighted by Crippen LogP contribution is 2.64. The molecule has 0 amide bonds. The lowest BCUT2D eigenvalue weighted by molar-refractivity contribution is -0.148. The molecule has 0 heterocycles. The molecule has 4 rings (SSSR count). The van der Waals surface area contributed by atoms with Crippen LogP contribution in [0, 0.1) is 28.6 Å². The number of hydrogen-bond donors (Lipinski definition) is 0. The van der Waals surface area contributed by atoms with E-state index < -0.39 is 0 Å². The van der Waals surface area contributed by atoms with E-state index in [9.17, 15) is 9.59 Å². The zero-order chi connectivity index (χ0) is 17.1. The molecule has 0 radical (unpaired) electrons. The van der Waals surface area contributed by atoms with Crippen molar-refractivity contribution in [2.24, 2.45) is 28.6 Å². The number of esters is 1. The summed E-state index contributed by atoms with van der Waals surface area (Å²) in [5, 5.41) is 0. The second kappa shape index (κ2) is 5.44. The molecule has 4 aliphatic carbocycles. The van der Waals surface area contributed by atoms with Crippen molar-refractivity contribution in [1.82, 2.24) is 0 Å². The summed E-state index contributed by atoms with van der Waals surface area (Å²) in [7, 11) is 0. The molecule has 24 heavy (non-hydrogen) atoms. The molecule has 0 aromatic rings. The number of hydrogen-bond acceptors (Lipinski definition) is 3. The van der Waals surface area contributed by atoms with Crippen molar-refractivity contribution in [3.05, 3.63) is 11.6 Å². The molecule has 0 bridgehead atoms. The Kier molecular flexibility index (Phi) is 3.71. The largest absolute Gasteiger partial charge is 0.462 e. The third kappa shape index (κ3) is 2.23. The van der Waals surface area contributed by atoms with Gasteiger partial charge in [0.25, 0.3) is 0 Å². The zero-order valence-corrected chi connectivity index (χ0v) is 15.3. The first-order chi connectivity index (χ1) is 11.3. The molecule has 3 nitrogen and oxygen atoms in total. The molecule has 0 N–H and O–H groups in total. The molecular formula is C21H30O3. The van der Waals surface area contributed by atoms with Crippen molar-refractivity contribution < 1.29 is 14.3 Å². The van der Waals surface area contributed by atoms with Crippen LogP contribution in [-0.2, 0) is 14.3 Å². The monoisotopic (exact) mass is 330 g/mol. The average Bonchev–Trinajstić information content (AvgIpc) is 2.83. The molecule has 0 aromatic heterocycles. The van der Waals surface area contributed by atoms with Gasteiger partial charge >= 0.3 is 5.97 Å². The minimum Gasteiger partial charge on any atom is -0.462 e. The maximum Gasteiger partial charge on any atom is 0.302 e. The predicted octanol–water partition coefficient (Wildman–Crippen LogP) is 4.45. The fraction of sp³-hybridized carbons (Fsp3) is 0.810. The summed E-state index contributed by atoms with van der Waals surface area (Å²) in [6, 6.07) is 0. The molecule has 3 fully saturated rings. The smallest absolute Gasteiger partial charge is 0.302 e. The van der Waals surface area contributed by atoms with Crippen molar-refractivity contribution in [3.63, 3.8) is 0 Å². The Bertz CT molecular complexity index is 606. The third-order valence-corrected chi connectivity index (χ3v) is 8.10. The van der Waals surface area contributed by atoms with E-state index in [1.807, 2.05) is 0 Å². The molecule has 132 valence electrons. The van der Waals surface area contributed by atoms with Gasteiger partial charge in [0, 0.05) is 25.2 Å². The van der Waals surface area contributed by atoms with E-state index in [1.54, 1.807) is 0 Å². The molecule has 3 saturated carbocycles. The minimum atomic E-state index is -0.157. The first-order valence-corrected chi connectivity index (χ1v) is 9.74. The van der Waals surface area contributed by atoms with Gasteiger partial charge in [-0.05, 0) is 61.7 Å². The summed E-state index contributed by atoms with van der Waals surface area (Å²) in [5.74, 6) is 2.33. The summed E-state index contributed by atoms with van der Waals surface area (Å²) in [6.07, 6.45) is 10.8. The van der Waals surface area contributed by atoms with E-state index >= 15 is 0 Å². The molecule has 0 aromatic carbocycles. The second-order valence-corrected chi connectivity index (χ2v) is 9.15. The highest BCUT2D eigenvalue weighted by molar-refractivity contribution is 5.87. The lowest BCUT2D eigenvalue weighted by Gasteiger charge is -2.56. The van der Waals surface area contributed by atoms with Gasteiger partial charge < -0.3 is 4.74 Å². The fourth-order valence-electron chi connectivity index (χ4n) is 6.73. The summed E-state index contributed by atoms with van der Waals surface area (Å²) in [4.78, 5) is 23.7. The predicted molar refractivity (Wildman–Crippen MR) is 92.3 cm³/mol. The number of fused-ring (bicyclic) bond motifs is 5. The van der Waals surface area contributed by atoms with Gasteiger partial charge in [0.2, 0.25) is 0 Å². The number of allylic oxidation sites excluding steroid dienone is 1. The van der Waals surface area contributed by atoms with Gasteiger partial charge in [-0.15, -0.1) is 0 Å². The Hall–Kier alpha value is -1.12. The zero-order valence-electron chi connectivity index (χ0n) is 15.3. The number of ketones is 1. The maximum atomic E-state index is 12.4. The SMILES string of the molecule is CC(=O)O[C@@H]1CC[C@@]2(C)C(=CC[C@H]3[C@@H]2CC[C@]2(C)C(=O)CC[C@@H]32)C1. The number of ether oxygens (including phenoxy) is 1. The van der Waals surface area contributed by atoms with Crippen molar-refractivity contribution in [1.29, 1.82) is 0 Å². The summed E-state index contributed by atoms with van der Waals surface area (Å²) in [5.41, 5.74) is 1.74. The van der Waals surface area contributed by atoms with E-state index in [1.165, 1.54) is 18.9 Å². The normalized spacial score (nSPS) is 47.3. The minimum absolute atomic E-state index is 0.0438. The summed E-state index contributed by atoms with van der Waals surface area (Å²) in [6.45, 7) is 6.19. The lowest BCUT2D eigenvalue weighted by Crippen LogP contribution is -2.50. The van der Waals surface area contributed by atoms with Crippen LogP contribution in [0.1, 0.15) is 72.1 Å². The summed E-state index contributed by atoms with van der Waals surface area (Å²) >= 11 is 0. The van der Waals surface area contributed by atoms with Gasteiger partial charge in [0.15, 0.2) is 0 Å². The van der Waals surface area contributed by atoms with Crippen LogP contribution in [0.25, 0.3) is 0 Å². The van der Waals surface area contributed by atoms with Crippen LogP contribution in [-0.4, -0.2) is 17.9 Å². The van der Waals surface area contributed by atoms with Crippen LogP contribution in [0.2, 0.25) is 0 Å². The molecule has 0 unspecified atom stereocenters. The Morgan fingerprint density at radius 3 is 2.58 bits per heavy atom. The topological polar surface area (TPSA) is 43.4 Å². The van der Waals surface area contributed by atoms with E-state index in [-0.39, 0.29) is 22.9 Å². The summed E-state index contributed by atoms with van der Waals surface area (Å²) < 4.78 is 5.50. The highest BCUT2D eigenvalue weighted by atomic mass is 16.5. The molecule has 0 spiro atoms. The van der Waals surface area contributed by atoms with Gasteiger partial charge in [-0.25, -0.2) is 0 Å². The van der Waals surface area contributed by atoms with Crippen molar-refractivity contribution in [3.8, 4) is 0 Å². The first kappa shape index (κ1) is 16.4. The van der Waals surface area contributed by atoms with E-state index in [4.69, 9.17) is 4.74 Å². The second-order valence-electron chi connectivity index (χ2n) is 9.15. The van der Waals surface area contributed by atoms with Crippen molar-refractivity contribution in [2.45, 2.75) is 78.2 Å². The van der Waals surface area contributed by atoms with Crippen LogP contribution >= 0.6 is 0 Å². The molecule has 3 heteroatoms. The van der Waals surface area contributed by atoms with Crippen molar-refractivity contribution in [2.75, 3.05) is 0 Å². The molecule has 4 aliphatic rings. The number of rotatable bonds is 1. The van der Waals surface area contributed by atoms with Crippen LogP contribution in [0.3, 0.4) is 0 Å². The highest BCUT2D eigenvalue weighted by Gasteiger charge is 2.58. The van der Waals surface area contributed by atoms with E-state index in [0.717, 1.165) is 44.9 Å². The van der Waals surface area contributed by atoms with Gasteiger partial charge in [0.1, 0.15) is 11.9 Å². The van der Waals surface area contributed by atoms with Gasteiger partial charge in [-0.2, -0.15) is 0 Å². The average molecular weight is 330 g/mol. The number of Topliss-reactive ketones (excluding diaryl/α,β-unsaturated/α-hetero) is 1. The number of carbonyl (C=O) groups excluding carboxylic acids is 2. The van der Waals surface area contributed by atoms with E-state index in [2.05, 4.69) is 19.9 Å². The molecule has 6 atom stereocenters. The van der Waals surface area contributed by atoms with Crippen LogP contribution in [0.15, 0.2) is 11.6 Å².